The largest absolute Gasteiger partial charge is 0.385 e. The highest BCUT2D eigenvalue weighted by Gasteiger charge is 2.12. The second-order valence-corrected chi connectivity index (χ2v) is 4.76. The van der Waals surface area contributed by atoms with Crippen LogP contribution in [0.3, 0.4) is 0 Å². The first kappa shape index (κ1) is 14.8. The van der Waals surface area contributed by atoms with Gasteiger partial charge in [0.25, 0.3) is 5.91 Å². The molecule has 0 radical (unpaired) electrons. The number of methoxy groups -OCH3 is 1. The molecule has 1 amide bonds. The first-order chi connectivity index (χ1) is 9.81. The SMILES string of the molecule is COCCOCCNC(=O)c1ccc2c(c1)CCCN2. The summed E-state index contributed by atoms with van der Waals surface area (Å²) in [7, 11) is 1.64. The zero-order valence-corrected chi connectivity index (χ0v) is 11.9. The van der Waals surface area contributed by atoms with Crippen molar-refractivity contribution in [1.82, 2.24) is 5.32 Å². The number of hydrogen-bond donors (Lipinski definition) is 2. The van der Waals surface area contributed by atoms with Crippen LogP contribution in [-0.2, 0) is 15.9 Å². The summed E-state index contributed by atoms with van der Waals surface area (Å²) < 4.78 is 10.2. The molecule has 1 heterocycles. The molecule has 0 aromatic heterocycles. The molecule has 1 aliphatic heterocycles. The Morgan fingerprint density at radius 2 is 2.25 bits per heavy atom. The molecule has 5 heteroatoms. The average Bonchev–Trinajstić information content (AvgIpc) is 2.50. The van der Waals surface area contributed by atoms with Gasteiger partial charge in [0.1, 0.15) is 0 Å². The predicted octanol–water partition coefficient (Wildman–Crippen LogP) is 1.44. The normalized spacial score (nSPS) is 13.4. The van der Waals surface area contributed by atoms with Gasteiger partial charge in [-0.15, -0.1) is 0 Å². The monoisotopic (exact) mass is 278 g/mol. The van der Waals surface area contributed by atoms with Crippen LogP contribution in [0.1, 0.15) is 22.3 Å². The smallest absolute Gasteiger partial charge is 0.251 e. The van der Waals surface area contributed by atoms with Crippen LogP contribution in [0.25, 0.3) is 0 Å². The molecule has 0 unspecified atom stereocenters. The van der Waals surface area contributed by atoms with Crippen molar-refractivity contribution in [2.24, 2.45) is 0 Å². The highest BCUT2D eigenvalue weighted by Crippen LogP contribution is 2.22. The number of fused-ring (bicyclic) bond motifs is 1. The second kappa shape index (κ2) is 7.87. The number of carbonyl (C=O) groups excluding carboxylic acids is 1. The topological polar surface area (TPSA) is 59.6 Å². The van der Waals surface area contributed by atoms with E-state index in [1.807, 2.05) is 18.2 Å². The molecule has 2 rings (SSSR count). The number of rotatable bonds is 7. The molecule has 0 saturated carbocycles. The fourth-order valence-electron chi connectivity index (χ4n) is 2.20. The Kier molecular flexibility index (Phi) is 5.83. The lowest BCUT2D eigenvalue weighted by Gasteiger charge is -2.18. The van der Waals surface area contributed by atoms with Crippen LogP contribution in [0.5, 0.6) is 0 Å². The molecule has 0 bridgehead atoms. The summed E-state index contributed by atoms with van der Waals surface area (Å²) in [5.74, 6) is -0.0475. The van der Waals surface area contributed by atoms with Crippen LogP contribution in [0.2, 0.25) is 0 Å². The Labute approximate surface area is 119 Å². The predicted molar refractivity (Wildman–Crippen MR) is 78.3 cm³/mol. The summed E-state index contributed by atoms with van der Waals surface area (Å²) >= 11 is 0. The van der Waals surface area contributed by atoms with Crippen molar-refractivity contribution >= 4 is 11.6 Å². The minimum Gasteiger partial charge on any atom is -0.385 e. The Balaban J connectivity index is 1.77. The number of carbonyl (C=O) groups is 1. The molecular weight excluding hydrogens is 256 g/mol. The number of aryl methyl sites for hydroxylation is 1. The first-order valence-electron chi connectivity index (χ1n) is 7.03. The van der Waals surface area contributed by atoms with Crippen molar-refractivity contribution in [2.75, 3.05) is 45.3 Å². The van der Waals surface area contributed by atoms with Crippen LogP contribution in [0, 0.1) is 0 Å². The highest BCUT2D eigenvalue weighted by molar-refractivity contribution is 5.94. The maximum Gasteiger partial charge on any atom is 0.251 e. The van der Waals surface area contributed by atoms with E-state index in [-0.39, 0.29) is 5.91 Å². The molecular formula is C15H22N2O3. The van der Waals surface area contributed by atoms with E-state index in [1.165, 1.54) is 5.56 Å². The average molecular weight is 278 g/mol. The maximum absolute atomic E-state index is 12.0. The van der Waals surface area contributed by atoms with Gasteiger partial charge in [0, 0.05) is 31.5 Å². The number of amides is 1. The first-order valence-corrected chi connectivity index (χ1v) is 7.03. The summed E-state index contributed by atoms with van der Waals surface area (Å²) in [6, 6.07) is 5.82. The van der Waals surface area contributed by atoms with Crippen LogP contribution in [0.15, 0.2) is 18.2 Å². The van der Waals surface area contributed by atoms with E-state index in [0.717, 1.165) is 25.1 Å². The van der Waals surface area contributed by atoms with E-state index in [2.05, 4.69) is 10.6 Å². The van der Waals surface area contributed by atoms with E-state index in [4.69, 9.17) is 9.47 Å². The van der Waals surface area contributed by atoms with Crippen LogP contribution in [0.4, 0.5) is 5.69 Å². The van der Waals surface area contributed by atoms with E-state index < -0.39 is 0 Å². The zero-order valence-electron chi connectivity index (χ0n) is 11.9. The lowest BCUT2D eigenvalue weighted by Crippen LogP contribution is -2.28. The number of hydrogen-bond acceptors (Lipinski definition) is 4. The van der Waals surface area contributed by atoms with E-state index in [0.29, 0.717) is 31.9 Å². The minimum absolute atomic E-state index is 0.0475. The fourth-order valence-corrected chi connectivity index (χ4v) is 2.20. The van der Waals surface area contributed by atoms with Gasteiger partial charge in [-0.1, -0.05) is 0 Å². The van der Waals surface area contributed by atoms with Gasteiger partial charge >= 0.3 is 0 Å². The Morgan fingerprint density at radius 3 is 3.10 bits per heavy atom. The Hall–Kier alpha value is -1.59. The summed E-state index contributed by atoms with van der Waals surface area (Å²) in [4.78, 5) is 12.0. The van der Waals surface area contributed by atoms with Gasteiger partial charge in [0.05, 0.1) is 19.8 Å². The minimum atomic E-state index is -0.0475. The Morgan fingerprint density at radius 1 is 1.35 bits per heavy atom. The Bertz CT molecular complexity index is 449. The van der Waals surface area contributed by atoms with E-state index in [1.54, 1.807) is 7.11 Å². The van der Waals surface area contributed by atoms with E-state index in [9.17, 15) is 4.79 Å². The third-order valence-electron chi connectivity index (χ3n) is 3.27. The molecule has 0 atom stereocenters. The molecule has 110 valence electrons. The molecule has 1 aromatic rings. The van der Waals surface area contributed by atoms with Crippen molar-refractivity contribution in [3.8, 4) is 0 Å². The van der Waals surface area contributed by atoms with Gasteiger partial charge in [-0.3, -0.25) is 4.79 Å². The third kappa shape index (κ3) is 4.21. The van der Waals surface area contributed by atoms with Crippen LogP contribution >= 0.6 is 0 Å². The van der Waals surface area contributed by atoms with Crippen molar-refractivity contribution in [2.45, 2.75) is 12.8 Å². The van der Waals surface area contributed by atoms with Gasteiger partial charge in [-0.25, -0.2) is 0 Å². The second-order valence-electron chi connectivity index (χ2n) is 4.76. The standard InChI is InChI=1S/C15H22N2O3/c1-19-9-10-20-8-7-17-15(18)13-4-5-14-12(11-13)3-2-6-16-14/h4-5,11,16H,2-3,6-10H2,1H3,(H,17,18). The summed E-state index contributed by atoms with van der Waals surface area (Å²) in [6.07, 6.45) is 2.15. The maximum atomic E-state index is 12.0. The summed E-state index contributed by atoms with van der Waals surface area (Å²) in [5, 5.41) is 6.19. The van der Waals surface area contributed by atoms with Gasteiger partial charge in [-0.2, -0.15) is 0 Å². The van der Waals surface area contributed by atoms with Crippen molar-refractivity contribution < 1.29 is 14.3 Å². The molecule has 0 aliphatic carbocycles. The van der Waals surface area contributed by atoms with Crippen molar-refractivity contribution in [3.05, 3.63) is 29.3 Å². The molecule has 0 fully saturated rings. The summed E-state index contributed by atoms with van der Waals surface area (Å²) in [5.41, 5.74) is 3.08. The fraction of sp³-hybridized carbons (Fsp3) is 0.533. The molecule has 0 saturated heterocycles. The van der Waals surface area contributed by atoms with Gasteiger partial charge in [-0.05, 0) is 36.6 Å². The molecule has 5 nitrogen and oxygen atoms in total. The number of anilines is 1. The number of benzene rings is 1. The number of ether oxygens (including phenoxy) is 2. The quantitative estimate of drug-likeness (QED) is 0.741. The highest BCUT2D eigenvalue weighted by atomic mass is 16.5. The molecule has 20 heavy (non-hydrogen) atoms. The molecule has 0 spiro atoms. The van der Waals surface area contributed by atoms with Crippen molar-refractivity contribution in [3.63, 3.8) is 0 Å². The van der Waals surface area contributed by atoms with Crippen LogP contribution < -0.4 is 10.6 Å². The van der Waals surface area contributed by atoms with Gasteiger partial charge in [0.15, 0.2) is 0 Å². The van der Waals surface area contributed by atoms with Gasteiger partial charge in [0.2, 0.25) is 0 Å². The van der Waals surface area contributed by atoms with Gasteiger partial charge < -0.3 is 20.1 Å². The number of nitrogens with one attached hydrogen (secondary N) is 2. The lowest BCUT2D eigenvalue weighted by atomic mass is 10.0. The third-order valence-corrected chi connectivity index (χ3v) is 3.27. The molecule has 1 aliphatic rings. The lowest BCUT2D eigenvalue weighted by molar-refractivity contribution is 0.0692. The van der Waals surface area contributed by atoms with E-state index >= 15 is 0 Å². The summed E-state index contributed by atoms with van der Waals surface area (Å²) in [6.45, 7) is 3.15. The molecule has 2 N–H and O–H groups in total. The van der Waals surface area contributed by atoms with Crippen LogP contribution in [-0.4, -0.2) is 45.9 Å². The van der Waals surface area contributed by atoms with Crippen molar-refractivity contribution in [1.29, 1.82) is 0 Å². The zero-order chi connectivity index (χ0) is 14.2. The molecule has 1 aromatic carbocycles.